The fourth-order valence-electron chi connectivity index (χ4n) is 4.14. The van der Waals surface area contributed by atoms with Crippen molar-refractivity contribution in [3.8, 4) is 0 Å². The quantitative estimate of drug-likeness (QED) is 0.747. The predicted molar refractivity (Wildman–Crippen MR) is 80.2 cm³/mol. The maximum absolute atomic E-state index is 6.38. The maximum atomic E-state index is 6.38. The lowest BCUT2D eigenvalue weighted by molar-refractivity contribution is 0.269. The van der Waals surface area contributed by atoms with Crippen LogP contribution >= 0.6 is 0 Å². The van der Waals surface area contributed by atoms with E-state index < -0.39 is 0 Å². The molecule has 0 bridgehead atoms. The van der Waals surface area contributed by atoms with Gasteiger partial charge in [-0.15, -0.1) is 0 Å². The number of rotatable bonds is 1. The van der Waals surface area contributed by atoms with Crippen LogP contribution in [-0.2, 0) is 6.42 Å². The van der Waals surface area contributed by atoms with Crippen LogP contribution in [0.3, 0.4) is 0 Å². The number of nitrogens with two attached hydrogens (primary N) is 1. The van der Waals surface area contributed by atoms with Gasteiger partial charge >= 0.3 is 0 Å². The molecule has 0 aliphatic heterocycles. The summed E-state index contributed by atoms with van der Waals surface area (Å²) in [4.78, 5) is 0. The number of hydrogen-bond acceptors (Lipinski definition) is 1. The van der Waals surface area contributed by atoms with Crippen molar-refractivity contribution in [3.05, 3.63) is 23.5 Å². The van der Waals surface area contributed by atoms with Gasteiger partial charge in [-0.05, 0) is 42.7 Å². The highest BCUT2D eigenvalue weighted by Crippen LogP contribution is 2.42. The summed E-state index contributed by atoms with van der Waals surface area (Å²) in [5.41, 5.74) is 9.69. The molecule has 106 valence electrons. The molecule has 2 aliphatic carbocycles. The number of aromatic nitrogens is 1. The maximum Gasteiger partial charge on any atom is 0.0333 e. The minimum Gasteiger partial charge on any atom is -0.348 e. The Hall–Kier alpha value is -0.760. The van der Waals surface area contributed by atoms with Crippen LogP contribution in [0.25, 0.3) is 0 Å². The fourth-order valence-corrected chi connectivity index (χ4v) is 4.14. The normalized spacial score (nSPS) is 27.8. The summed E-state index contributed by atoms with van der Waals surface area (Å²) in [6.07, 6.45) is 13.0. The van der Waals surface area contributed by atoms with Crippen molar-refractivity contribution < 1.29 is 0 Å². The second-order valence-corrected chi connectivity index (χ2v) is 7.42. The molecule has 0 spiro atoms. The van der Waals surface area contributed by atoms with Gasteiger partial charge in [-0.25, -0.2) is 0 Å². The molecule has 0 aromatic carbocycles. The van der Waals surface area contributed by atoms with E-state index in [2.05, 4.69) is 30.7 Å². The molecule has 1 fully saturated rings. The Bertz CT molecular complexity index is 436. The molecular weight excluding hydrogens is 232 g/mol. The minimum absolute atomic E-state index is 0.241. The zero-order valence-corrected chi connectivity index (χ0v) is 12.5. The molecule has 1 aromatic heterocycles. The average molecular weight is 260 g/mol. The monoisotopic (exact) mass is 260 g/mol. The van der Waals surface area contributed by atoms with Gasteiger partial charge in [0.15, 0.2) is 0 Å². The van der Waals surface area contributed by atoms with Gasteiger partial charge in [-0.1, -0.05) is 39.5 Å². The highest BCUT2D eigenvalue weighted by molar-refractivity contribution is 5.30. The third-order valence-corrected chi connectivity index (χ3v) is 5.10. The van der Waals surface area contributed by atoms with Gasteiger partial charge in [0, 0.05) is 24.0 Å². The first-order chi connectivity index (χ1) is 9.07. The Morgan fingerprint density at radius 1 is 1.16 bits per heavy atom. The molecule has 1 heterocycles. The summed E-state index contributed by atoms with van der Waals surface area (Å²) in [5.74, 6) is 0. The lowest BCUT2D eigenvalue weighted by Crippen LogP contribution is -2.31. The molecular formula is C17H28N2. The summed E-state index contributed by atoms with van der Waals surface area (Å²) in [7, 11) is 0. The molecule has 2 aliphatic rings. The summed E-state index contributed by atoms with van der Waals surface area (Å²) < 4.78 is 2.58. The van der Waals surface area contributed by atoms with Gasteiger partial charge < -0.3 is 10.3 Å². The van der Waals surface area contributed by atoms with E-state index in [1.807, 2.05) is 0 Å². The molecule has 2 N–H and O–H groups in total. The standard InChI is InChI=1S/C17H28N2/c1-17(2)11-15(18)14-9-10-19(16(14)12-17)13-7-5-3-4-6-8-13/h9-10,13,15H,3-8,11-12,18H2,1-2H3. The lowest BCUT2D eigenvalue weighted by Gasteiger charge is -2.35. The third-order valence-electron chi connectivity index (χ3n) is 5.10. The van der Waals surface area contributed by atoms with Gasteiger partial charge in [-0.2, -0.15) is 0 Å². The highest BCUT2D eigenvalue weighted by Gasteiger charge is 2.33. The summed E-state index contributed by atoms with van der Waals surface area (Å²) in [5, 5.41) is 0. The molecule has 1 unspecified atom stereocenters. The van der Waals surface area contributed by atoms with Crippen molar-refractivity contribution in [2.24, 2.45) is 11.1 Å². The SMILES string of the molecule is CC1(C)Cc2c(ccn2C2CCCCCC2)C(N)C1. The zero-order chi connectivity index (χ0) is 13.5. The third kappa shape index (κ3) is 2.60. The van der Waals surface area contributed by atoms with Crippen LogP contribution in [0.1, 0.15) is 82.1 Å². The van der Waals surface area contributed by atoms with E-state index in [-0.39, 0.29) is 6.04 Å². The van der Waals surface area contributed by atoms with Gasteiger partial charge in [-0.3, -0.25) is 0 Å². The first kappa shape index (κ1) is 13.2. The van der Waals surface area contributed by atoms with Gasteiger partial charge in [0.1, 0.15) is 0 Å². The summed E-state index contributed by atoms with van der Waals surface area (Å²) >= 11 is 0. The molecule has 2 nitrogen and oxygen atoms in total. The Morgan fingerprint density at radius 2 is 1.84 bits per heavy atom. The second kappa shape index (κ2) is 4.97. The lowest BCUT2D eigenvalue weighted by atomic mass is 9.74. The summed E-state index contributed by atoms with van der Waals surface area (Å²) in [6.45, 7) is 4.72. The van der Waals surface area contributed by atoms with E-state index in [1.165, 1.54) is 56.2 Å². The predicted octanol–water partition coefficient (Wildman–Crippen LogP) is 4.36. The van der Waals surface area contributed by atoms with Crippen molar-refractivity contribution >= 4 is 0 Å². The van der Waals surface area contributed by atoms with Crippen molar-refractivity contribution in [3.63, 3.8) is 0 Å². The molecule has 2 heteroatoms. The Balaban J connectivity index is 1.91. The second-order valence-electron chi connectivity index (χ2n) is 7.42. The molecule has 1 saturated carbocycles. The van der Waals surface area contributed by atoms with Crippen LogP contribution in [0.15, 0.2) is 12.3 Å². The molecule has 0 radical (unpaired) electrons. The van der Waals surface area contributed by atoms with Crippen LogP contribution < -0.4 is 5.73 Å². The summed E-state index contributed by atoms with van der Waals surface area (Å²) in [6, 6.07) is 3.26. The number of hydrogen-bond donors (Lipinski definition) is 1. The molecule has 19 heavy (non-hydrogen) atoms. The van der Waals surface area contributed by atoms with Gasteiger partial charge in [0.25, 0.3) is 0 Å². The number of fused-ring (bicyclic) bond motifs is 1. The largest absolute Gasteiger partial charge is 0.348 e. The van der Waals surface area contributed by atoms with E-state index in [1.54, 1.807) is 0 Å². The Morgan fingerprint density at radius 3 is 2.53 bits per heavy atom. The van der Waals surface area contributed by atoms with E-state index in [4.69, 9.17) is 5.73 Å². The highest BCUT2D eigenvalue weighted by atomic mass is 15.0. The van der Waals surface area contributed by atoms with Crippen LogP contribution in [-0.4, -0.2) is 4.57 Å². The van der Waals surface area contributed by atoms with E-state index >= 15 is 0 Å². The van der Waals surface area contributed by atoms with Gasteiger partial charge in [0.2, 0.25) is 0 Å². The Labute approximate surface area is 117 Å². The van der Waals surface area contributed by atoms with E-state index in [0.717, 1.165) is 12.5 Å². The van der Waals surface area contributed by atoms with Crippen molar-refractivity contribution in [2.75, 3.05) is 0 Å². The average Bonchev–Trinajstić information content (AvgIpc) is 2.58. The van der Waals surface area contributed by atoms with Crippen molar-refractivity contribution in [1.82, 2.24) is 4.57 Å². The smallest absolute Gasteiger partial charge is 0.0333 e. The molecule has 0 amide bonds. The van der Waals surface area contributed by atoms with Crippen molar-refractivity contribution in [2.45, 2.75) is 77.3 Å². The van der Waals surface area contributed by atoms with Gasteiger partial charge in [0.05, 0.1) is 0 Å². The molecule has 1 aromatic rings. The fraction of sp³-hybridized carbons (Fsp3) is 0.765. The Kier molecular flexibility index (Phi) is 3.46. The first-order valence-corrected chi connectivity index (χ1v) is 8.02. The van der Waals surface area contributed by atoms with Crippen LogP contribution in [0.2, 0.25) is 0 Å². The molecule has 1 atom stereocenters. The van der Waals surface area contributed by atoms with E-state index in [0.29, 0.717) is 5.41 Å². The number of nitrogens with zero attached hydrogens (tertiary/aromatic N) is 1. The van der Waals surface area contributed by atoms with Crippen LogP contribution in [0.5, 0.6) is 0 Å². The first-order valence-electron chi connectivity index (χ1n) is 8.02. The zero-order valence-electron chi connectivity index (χ0n) is 12.5. The van der Waals surface area contributed by atoms with E-state index in [9.17, 15) is 0 Å². The van der Waals surface area contributed by atoms with Crippen molar-refractivity contribution in [1.29, 1.82) is 0 Å². The minimum atomic E-state index is 0.241. The molecule has 3 rings (SSSR count). The molecule has 0 saturated heterocycles. The van der Waals surface area contributed by atoms with Crippen LogP contribution in [0.4, 0.5) is 0 Å². The van der Waals surface area contributed by atoms with Crippen LogP contribution in [0, 0.1) is 5.41 Å². The topological polar surface area (TPSA) is 30.9 Å².